The van der Waals surface area contributed by atoms with Gasteiger partial charge in [-0.05, 0) is 31.4 Å². The maximum Gasteiger partial charge on any atom is 0.280 e. The molecule has 0 spiro atoms. The van der Waals surface area contributed by atoms with Crippen molar-refractivity contribution in [3.05, 3.63) is 39.7 Å². The molecule has 1 aromatic heterocycles. The van der Waals surface area contributed by atoms with Crippen molar-refractivity contribution in [2.75, 3.05) is 0 Å². The Labute approximate surface area is 115 Å². The predicted molar refractivity (Wildman–Crippen MR) is 73.0 cm³/mol. The third kappa shape index (κ3) is 2.05. The quantitative estimate of drug-likeness (QED) is 0.678. The summed E-state index contributed by atoms with van der Waals surface area (Å²) >= 11 is 0. The normalized spacial score (nSPS) is 14.5. The third-order valence-electron chi connectivity index (χ3n) is 3.45. The first-order chi connectivity index (χ1) is 9.61. The van der Waals surface area contributed by atoms with Crippen molar-refractivity contribution in [3.63, 3.8) is 0 Å². The number of rotatable bonds is 4. The highest BCUT2D eigenvalue weighted by Crippen LogP contribution is 2.40. The molecule has 1 aliphatic carbocycles. The van der Waals surface area contributed by atoms with E-state index >= 15 is 0 Å². The summed E-state index contributed by atoms with van der Waals surface area (Å²) in [5, 5.41) is 19.4. The van der Waals surface area contributed by atoms with E-state index in [4.69, 9.17) is 5.73 Å². The molecule has 2 N–H and O–H groups in total. The molecule has 1 heterocycles. The van der Waals surface area contributed by atoms with Crippen molar-refractivity contribution in [2.45, 2.75) is 32.4 Å². The summed E-state index contributed by atoms with van der Waals surface area (Å²) in [4.78, 5) is 10.8. The molecule has 104 valence electrons. The number of nitrogens with two attached hydrogens (primary N) is 1. The fourth-order valence-electron chi connectivity index (χ4n) is 2.35. The molecule has 0 radical (unpaired) electrons. The number of nitrogens with zero attached hydrogens (tertiary/aromatic N) is 4. The Hall–Kier alpha value is -2.28. The van der Waals surface area contributed by atoms with Gasteiger partial charge in [-0.3, -0.25) is 10.1 Å². The lowest BCUT2D eigenvalue weighted by atomic mass is 10.1. The molecule has 0 atom stereocenters. The summed E-state index contributed by atoms with van der Waals surface area (Å²) in [5.41, 5.74) is 7.19. The van der Waals surface area contributed by atoms with E-state index in [9.17, 15) is 10.1 Å². The fourth-order valence-corrected chi connectivity index (χ4v) is 2.35. The Bertz CT molecular complexity index is 675. The standard InChI is InChI=1S/C13H15N5O2/c1-8-2-5-11(18(19)20)10(6-8)13-16-15-12(7-14)17(13)9-3-4-9/h2,5-6,9H,3-4,7,14H2,1H3. The van der Waals surface area contributed by atoms with Crippen LogP contribution in [-0.2, 0) is 6.54 Å². The molecule has 2 aromatic rings. The molecule has 0 amide bonds. The third-order valence-corrected chi connectivity index (χ3v) is 3.45. The summed E-state index contributed by atoms with van der Waals surface area (Å²) in [7, 11) is 0. The molecule has 1 aliphatic rings. The number of aromatic nitrogens is 3. The molecule has 7 nitrogen and oxygen atoms in total. The maximum absolute atomic E-state index is 11.2. The second-order valence-electron chi connectivity index (χ2n) is 5.02. The molecule has 7 heteroatoms. The SMILES string of the molecule is Cc1ccc([N+](=O)[O-])c(-c2nnc(CN)n2C2CC2)c1. The summed E-state index contributed by atoms with van der Waals surface area (Å²) in [6, 6.07) is 5.34. The van der Waals surface area contributed by atoms with Gasteiger partial charge in [0, 0.05) is 12.1 Å². The molecule has 20 heavy (non-hydrogen) atoms. The zero-order chi connectivity index (χ0) is 14.3. The number of nitro benzene ring substituents is 1. The Morgan fingerprint density at radius 1 is 1.45 bits per heavy atom. The smallest absolute Gasteiger partial charge is 0.280 e. The van der Waals surface area contributed by atoms with Crippen LogP contribution < -0.4 is 5.73 Å². The number of hydrogen-bond donors (Lipinski definition) is 1. The minimum Gasteiger partial charge on any atom is -0.324 e. The van der Waals surface area contributed by atoms with E-state index in [1.807, 2.05) is 11.5 Å². The number of aryl methyl sites for hydroxylation is 1. The monoisotopic (exact) mass is 273 g/mol. The van der Waals surface area contributed by atoms with Gasteiger partial charge in [0.25, 0.3) is 5.69 Å². The van der Waals surface area contributed by atoms with Gasteiger partial charge in [-0.15, -0.1) is 10.2 Å². The van der Waals surface area contributed by atoms with Crippen LogP contribution in [0, 0.1) is 17.0 Å². The van der Waals surface area contributed by atoms with E-state index in [1.54, 1.807) is 12.1 Å². The molecule has 1 fully saturated rings. The van der Waals surface area contributed by atoms with Gasteiger partial charge in [-0.2, -0.15) is 0 Å². The molecular formula is C13H15N5O2. The van der Waals surface area contributed by atoms with Gasteiger partial charge in [0.1, 0.15) is 5.82 Å². The fraction of sp³-hybridized carbons (Fsp3) is 0.385. The first kappa shape index (κ1) is 12.7. The van der Waals surface area contributed by atoms with Gasteiger partial charge in [-0.1, -0.05) is 6.07 Å². The summed E-state index contributed by atoms with van der Waals surface area (Å²) in [5.74, 6) is 1.22. The van der Waals surface area contributed by atoms with Gasteiger partial charge in [0.05, 0.1) is 17.0 Å². The number of hydrogen-bond acceptors (Lipinski definition) is 5. The highest BCUT2D eigenvalue weighted by atomic mass is 16.6. The molecule has 0 aliphatic heterocycles. The van der Waals surface area contributed by atoms with Crippen molar-refractivity contribution >= 4 is 5.69 Å². The van der Waals surface area contributed by atoms with Crippen LogP contribution in [0.15, 0.2) is 18.2 Å². The first-order valence-electron chi connectivity index (χ1n) is 6.51. The molecular weight excluding hydrogens is 258 g/mol. The van der Waals surface area contributed by atoms with E-state index < -0.39 is 0 Å². The van der Waals surface area contributed by atoms with Crippen molar-refractivity contribution in [1.29, 1.82) is 0 Å². The van der Waals surface area contributed by atoms with Gasteiger partial charge in [0.2, 0.25) is 0 Å². The van der Waals surface area contributed by atoms with Crippen LogP contribution in [0.5, 0.6) is 0 Å². The zero-order valence-corrected chi connectivity index (χ0v) is 11.1. The predicted octanol–water partition coefficient (Wildman–Crippen LogP) is 1.96. The van der Waals surface area contributed by atoms with Crippen molar-refractivity contribution in [3.8, 4) is 11.4 Å². The van der Waals surface area contributed by atoms with E-state index in [0.29, 0.717) is 23.3 Å². The van der Waals surface area contributed by atoms with Crippen LogP contribution in [0.1, 0.15) is 30.3 Å². The van der Waals surface area contributed by atoms with Gasteiger partial charge in [-0.25, -0.2) is 0 Å². The van der Waals surface area contributed by atoms with Crippen LogP contribution in [0.3, 0.4) is 0 Å². The van der Waals surface area contributed by atoms with Crippen LogP contribution in [-0.4, -0.2) is 19.7 Å². The average Bonchev–Trinajstić information content (AvgIpc) is 3.17. The number of benzene rings is 1. The summed E-state index contributed by atoms with van der Waals surface area (Å²) in [6.45, 7) is 2.18. The maximum atomic E-state index is 11.2. The molecule has 0 bridgehead atoms. The second-order valence-corrected chi connectivity index (χ2v) is 5.02. The van der Waals surface area contributed by atoms with Crippen molar-refractivity contribution in [2.24, 2.45) is 5.73 Å². The first-order valence-corrected chi connectivity index (χ1v) is 6.51. The Kier molecular flexibility index (Phi) is 2.98. The van der Waals surface area contributed by atoms with E-state index in [2.05, 4.69) is 10.2 Å². The van der Waals surface area contributed by atoms with Crippen LogP contribution in [0.2, 0.25) is 0 Å². The highest BCUT2D eigenvalue weighted by Gasteiger charge is 2.31. The molecule has 0 saturated heterocycles. The van der Waals surface area contributed by atoms with Gasteiger partial charge < -0.3 is 10.3 Å². The van der Waals surface area contributed by atoms with E-state index in [0.717, 1.165) is 18.4 Å². The lowest BCUT2D eigenvalue weighted by molar-refractivity contribution is -0.384. The van der Waals surface area contributed by atoms with Crippen LogP contribution in [0.25, 0.3) is 11.4 Å². The highest BCUT2D eigenvalue weighted by molar-refractivity contribution is 5.69. The van der Waals surface area contributed by atoms with E-state index in [1.165, 1.54) is 6.07 Å². The topological polar surface area (TPSA) is 99.9 Å². The van der Waals surface area contributed by atoms with Crippen molar-refractivity contribution < 1.29 is 4.92 Å². The van der Waals surface area contributed by atoms with Gasteiger partial charge >= 0.3 is 0 Å². The molecule has 1 saturated carbocycles. The Balaban J connectivity index is 2.20. The average molecular weight is 273 g/mol. The summed E-state index contributed by atoms with van der Waals surface area (Å²) in [6.07, 6.45) is 2.08. The van der Waals surface area contributed by atoms with Crippen LogP contribution in [0.4, 0.5) is 5.69 Å². The van der Waals surface area contributed by atoms with Crippen LogP contribution >= 0.6 is 0 Å². The Morgan fingerprint density at radius 2 is 2.20 bits per heavy atom. The summed E-state index contributed by atoms with van der Waals surface area (Å²) < 4.78 is 1.95. The largest absolute Gasteiger partial charge is 0.324 e. The van der Waals surface area contributed by atoms with Gasteiger partial charge in [0.15, 0.2) is 5.82 Å². The lowest BCUT2D eigenvalue weighted by Gasteiger charge is -2.09. The molecule has 0 unspecified atom stereocenters. The minimum atomic E-state index is -0.386. The Morgan fingerprint density at radius 3 is 2.80 bits per heavy atom. The van der Waals surface area contributed by atoms with E-state index in [-0.39, 0.29) is 17.2 Å². The lowest BCUT2D eigenvalue weighted by Crippen LogP contribution is -2.08. The molecule has 1 aromatic carbocycles. The minimum absolute atomic E-state index is 0.0495. The van der Waals surface area contributed by atoms with Crippen molar-refractivity contribution in [1.82, 2.24) is 14.8 Å². The zero-order valence-electron chi connectivity index (χ0n) is 11.1. The number of nitro groups is 1. The second kappa shape index (κ2) is 4.68. The molecule has 3 rings (SSSR count).